The van der Waals surface area contributed by atoms with Crippen LogP contribution in [0.3, 0.4) is 0 Å². The van der Waals surface area contributed by atoms with Gasteiger partial charge in [0.15, 0.2) is 0 Å². The minimum Gasteiger partial charge on any atom is -0.208 e. The summed E-state index contributed by atoms with van der Waals surface area (Å²) in [4.78, 5) is 0.0791. The highest BCUT2D eigenvalue weighted by atomic mass is 32.2. The molecule has 1 unspecified atom stereocenters. The van der Waals surface area contributed by atoms with Gasteiger partial charge in [-0.1, -0.05) is 30.3 Å². The van der Waals surface area contributed by atoms with Gasteiger partial charge >= 0.3 is 0 Å². The van der Waals surface area contributed by atoms with E-state index in [1.165, 1.54) is 17.7 Å². The molecule has 0 aromatic heterocycles. The van der Waals surface area contributed by atoms with Crippen molar-refractivity contribution in [1.82, 2.24) is 4.72 Å². The SMILES string of the molecule is CC(CCc1ccccc1)NS(=O)(=O)c1ccc(F)cc1. The normalized spacial score (nSPS) is 13.0. The van der Waals surface area contributed by atoms with Crippen LogP contribution in [0.15, 0.2) is 59.5 Å². The fourth-order valence-corrected chi connectivity index (χ4v) is 3.31. The molecular weight excluding hydrogens is 289 g/mol. The number of rotatable bonds is 6. The van der Waals surface area contributed by atoms with Crippen LogP contribution in [-0.2, 0) is 16.4 Å². The zero-order chi connectivity index (χ0) is 15.3. The van der Waals surface area contributed by atoms with E-state index >= 15 is 0 Å². The van der Waals surface area contributed by atoms with Crippen molar-refractivity contribution in [3.8, 4) is 0 Å². The topological polar surface area (TPSA) is 46.2 Å². The van der Waals surface area contributed by atoms with Gasteiger partial charge < -0.3 is 0 Å². The monoisotopic (exact) mass is 307 g/mol. The summed E-state index contributed by atoms with van der Waals surface area (Å²) in [5.74, 6) is -0.453. The Labute approximate surface area is 124 Å². The van der Waals surface area contributed by atoms with E-state index < -0.39 is 15.8 Å². The van der Waals surface area contributed by atoms with E-state index in [0.29, 0.717) is 6.42 Å². The summed E-state index contributed by atoms with van der Waals surface area (Å²) in [5.41, 5.74) is 1.17. The summed E-state index contributed by atoms with van der Waals surface area (Å²) in [7, 11) is -3.60. The first-order valence-corrected chi connectivity index (χ1v) is 8.27. The summed E-state index contributed by atoms with van der Waals surface area (Å²) in [6.07, 6.45) is 1.50. The zero-order valence-electron chi connectivity index (χ0n) is 11.8. The van der Waals surface area contributed by atoms with Crippen LogP contribution in [0.4, 0.5) is 4.39 Å². The third kappa shape index (κ3) is 4.65. The molecule has 1 N–H and O–H groups in total. The van der Waals surface area contributed by atoms with Crippen molar-refractivity contribution in [2.45, 2.75) is 30.7 Å². The first-order valence-electron chi connectivity index (χ1n) is 6.79. The molecule has 2 aromatic rings. The third-order valence-corrected chi connectivity index (χ3v) is 4.79. The molecule has 1 atom stereocenters. The maximum absolute atomic E-state index is 12.8. The van der Waals surface area contributed by atoms with Gasteiger partial charge in [0.05, 0.1) is 4.90 Å². The van der Waals surface area contributed by atoms with Crippen molar-refractivity contribution in [2.24, 2.45) is 0 Å². The number of halogens is 1. The van der Waals surface area contributed by atoms with Crippen molar-refractivity contribution < 1.29 is 12.8 Å². The van der Waals surface area contributed by atoms with Crippen molar-refractivity contribution in [1.29, 1.82) is 0 Å². The maximum atomic E-state index is 12.8. The van der Waals surface area contributed by atoms with Crippen LogP contribution in [-0.4, -0.2) is 14.5 Å². The van der Waals surface area contributed by atoms with E-state index in [1.807, 2.05) is 37.3 Å². The van der Waals surface area contributed by atoms with E-state index in [9.17, 15) is 12.8 Å². The molecule has 2 rings (SSSR count). The largest absolute Gasteiger partial charge is 0.240 e. The summed E-state index contributed by atoms with van der Waals surface area (Å²) >= 11 is 0. The van der Waals surface area contributed by atoms with E-state index in [-0.39, 0.29) is 10.9 Å². The summed E-state index contributed by atoms with van der Waals surface area (Å²) in [6, 6.07) is 14.5. The highest BCUT2D eigenvalue weighted by Gasteiger charge is 2.17. The first-order chi connectivity index (χ1) is 9.97. The Bertz CT molecular complexity index is 669. The fourth-order valence-electron chi connectivity index (χ4n) is 2.03. The van der Waals surface area contributed by atoms with Gasteiger partial charge in [-0.05, 0) is 49.6 Å². The van der Waals surface area contributed by atoms with E-state index in [1.54, 1.807) is 0 Å². The Balaban J connectivity index is 1.95. The third-order valence-electron chi connectivity index (χ3n) is 3.19. The number of benzene rings is 2. The molecule has 0 aliphatic heterocycles. The standard InChI is InChI=1S/C16H18FNO2S/c1-13(7-8-14-5-3-2-4-6-14)18-21(19,20)16-11-9-15(17)10-12-16/h2-6,9-13,18H,7-8H2,1H3. The lowest BCUT2D eigenvalue weighted by Crippen LogP contribution is -2.32. The van der Waals surface area contributed by atoms with Crippen molar-refractivity contribution in [2.75, 3.05) is 0 Å². The van der Waals surface area contributed by atoms with Crippen molar-refractivity contribution >= 4 is 10.0 Å². The van der Waals surface area contributed by atoms with Gasteiger partial charge in [-0.15, -0.1) is 0 Å². The van der Waals surface area contributed by atoms with Crippen LogP contribution in [0.5, 0.6) is 0 Å². The lowest BCUT2D eigenvalue weighted by molar-refractivity contribution is 0.546. The molecule has 3 nitrogen and oxygen atoms in total. The Hall–Kier alpha value is -1.72. The molecule has 0 bridgehead atoms. The van der Waals surface area contributed by atoms with Crippen LogP contribution >= 0.6 is 0 Å². The number of nitrogens with one attached hydrogen (secondary N) is 1. The molecule has 0 radical (unpaired) electrons. The van der Waals surface area contributed by atoms with E-state index in [4.69, 9.17) is 0 Å². The molecule has 5 heteroatoms. The molecule has 0 saturated heterocycles. The molecule has 0 saturated carbocycles. The van der Waals surface area contributed by atoms with E-state index in [2.05, 4.69) is 4.72 Å². The summed E-state index contributed by atoms with van der Waals surface area (Å²) < 4.78 is 39.7. The van der Waals surface area contributed by atoms with Gasteiger partial charge in [0.1, 0.15) is 5.82 Å². The highest BCUT2D eigenvalue weighted by Crippen LogP contribution is 2.12. The van der Waals surface area contributed by atoms with Gasteiger partial charge in [0, 0.05) is 6.04 Å². The Morgan fingerprint density at radius 1 is 1.05 bits per heavy atom. The Morgan fingerprint density at radius 3 is 2.29 bits per heavy atom. The first kappa shape index (κ1) is 15.7. The second-order valence-corrected chi connectivity index (χ2v) is 6.71. The lowest BCUT2D eigenvalue weighted by atomic mass is 10.1. The van der Waals surface area contributed by atoms with Crippen LogP contribution < -0.4 is 4.72 Å². The highest BCUT2D eigenvalue weighted by molar-refractivity contribution is 7.89. The number of sulfonamides is 1. The van der Waals surface area contributed by atoms with Crippen molar-refractivity contribution in [3.63, 3.8) is 0 Å². The van der Waals surface area contributed by atoms with Crippen LogP contribution in [0.1, 0.15) is 18.9 Å². The quantitative estimate of drug-likeness (QED) is 0.891. The van der Waals surface area contributed by atoms with Crippen LogP contribution in [0, 0.1) is 5.82 Å². The van der Waals surface area contributed by atoms with Crippen LogP contribution in [0.25, 0.3) is 0 Å². The number of hydrogen-bond donors (Lipinski definition) is 1. The molecular formula is C16H18FNO2S. The molecule has 0 fully saturated rings. The molecule has 0 amide bonds. The van der Waals surface area contributed by atoms with Gasteiger partial charge in [-0.25, -0.2) is 17.5 Å². The molecule has 0 aliphatic rings. The van der Waals surface area contributed by atoms with Gasteiger partial charge in [-0.3, -0.25) is 0 Å². The summed E-state index contributed by atoms with van der Waals surface area (Å²) in [6.45, 7) is 1.82. The lowest BCUT2D eigenvalue weighted by Gasteiger charge is -2.14. The predicted octanol–water partition coefficient (Wildman–Crippen LogP) is 3.13. The molecule has 0 heterocycles. The Kier molecular flexibility index (Phi) is 5.09. The minimum absolute atomic E-state index is 0.0791. The average Bonchev–Trinajstić information content (AvgIpc) is 2.46. The molecule has 2 aromatic carbocycles. The average molecular weight is 307 g/mol. The minimum atomic E-state index is -3.60. The molecule has 112 valence electrons. The number of aryl methyl sites for hydroxylation is 1. The van der Waals surface area contributed by atoms with Gasteiger partial charge in [-0.2, -0.15) is 0 Å². The maximum Gasteiger partial charge on any atom is 0.240 e. The second kappa shape index (κ2) is 6.83. The van der Waals surface area contributed by atoms with Crippen molar-refractivity contribution in [3.05, 3.63) is 66.0 Å². The van der Waals surface area contributed by atoms with Gasteiger partial charge in [0.25, 0.3) is 0 Å². The molecule has 0 aliphatic carbocycles. The fraction of sp³-hybridized carbons (Fsp3) is 0.250. The van der Waals surface area contributed by atoms with Crippen LogP contribution in [0.2, 0.25) is 0 Å². The van der Waals surface area contributed by atoms with Gasteiger partial charge in [0.2, 0.25) is 10.0 Å². The van der Waals surface area contributed by atoms with E-state index in [0.717, 1.165) is 18.6 Å². The second-order valence-electron chi connectivity index (χ2n) is 5.00. The predicted molar refractivity (Wildman–Crippen MR) is 80.9 cm³/mol. The smallest absolute Gasteiger partial charge is 0.208 e. The molecule has 0 spiro atoms. The zero-order valence-corrected chi connectivity index (χ0v) is 12.6. The summed E-state index contributed by atoms with van der Waals surface area (Å²) in [5, 5.41) is 0. The molecule has 21 heavy (non-hydrogen) atoms. The number of hydrogen-bond acceptors (Lipinski definition) is 2. The Morgan fingerprint density at radius 2 is 1.67 bits per heavy atom.